The smallest absolute Gasteiger partial charge is 0.254 e. The van der Waals surface area contributed by atoms with E-state index >= 15 is 0 Å². The van der Waals surface area contributed by atoms with Gasteiger partial charge in [-0.1, -0.05) is 0 Å². The fourth-order valence-corrected chi connectivity index (χ4v) is 2.05. The number of aromatic nitrogens is 2. The predicted octanol–water partition coefficient (Wildman–Crippen LogP) is 1.47. The van der Waals surface area contributed by atoms with Crippen LogP contribution in [0.5, 0.6) is 0 Å². The number of benzene rings is 1. The molecular formula is C16H20N4O2. The molecule has 0 aliphatic heterocycles. The van der Waals surface area contributed by atoms with Crippen molar-refractivity contribution in [1.82, 2.24) is 20.0 Å². The maximum atomic E-state index is 12.3. The Morgan fingerprint density at radius 3 is 2.50 bits per heavy atom. The maximum Gasteiger partial charge on any atom is 0.254 e. The Kier molecular flexibility index (Phi) is 4.93. The van der Waals surface area contributed by atoms with E-state index in [4.69, 9.17) is 0 Å². The number of hydrogen-bond donors (Lipinski definition) is 1. The van der Waals surface area contributed by atoms with Gasteiger partial charge in [-0.3, -0.25) is 9.59 Å². The van der Waals surface area contributed by atoms with Gasteiger partial charge in [-0.15, -0.1) is 0 Å². The minimum atomic E-state index is -0.189. The first-order valence-corrected chi connectivity index (χ1v) is 7.12. The molecule has 2 amide bonds. The quantitative estimate of drug-likeness (QED) is 0.909. The fourth-order valence-electron chi connectivity index (χ4n) is 2.05. The van der Waals surface area contributed by atoms with Crippen molar-refractivity contribution < 1.29 is 9.59 Å². The molecule has 0 radical (unpaired) electrons. The fraction of sp³-hybridized carbons (Fsp3) is 0.312. The summed E-state index contributed by atoms with van der Waals surface area (Å²) in [6, 6.07) is 9.00. The van der Waals surface area contributed by atoms with Crippen LogP contribution >= 0.6 is 0 Å². The summed E-state index contributed by atoms with van der Waals surface area (Å²) in [5.41, 5.74) is 1.41. The third-order valence-corrected chi connectivity index (χ3v) is 3.06. The van der Waals surface area contributed by atoms with Crippen LogP contribution in [0.3, 0.4) is 0 Å². The van der Waals surface area contributed by atoms with Crippen LogP contribution in [-0.2, 0) is 4.79 Å². The lowest BCUT2D eigenvalue weighted by molar-refractivity contribution is -0.122. The molecule has 0 aliphatic carbocycles. The van der Waals surface area contributed by atoms with Gasteiger partial charge in [-0.05, 0) is 44.2 Å². The molecule has 0 saturated heterocycles. The second-order valence-electron chi connectivity index (χ2n) is 5.38. The van der Waals surface area contributed by atoms with E-state index in [1.165, 1.54) is 4.90 Å². The molecule has 0 bridgehead atoms. The molecule has 0 aliphatic rings. The third kappa shape index (κ3) is 3.94. The zero-order valence-electron chi connectivity index (χ0n) is 13.0. The number of likely N-dealkylation sites (N-methyl/N-ethyl adjacent to an activating group) is 1. The molecule has 0 spiro atoms. The average Bonchev–Trinajstić information content (AvgIpc) is 2.99. The molecule has 116 valence electrons. The van der Waals surface area contributed by atoms with E-state index in [2.05, 4.69) is 10.4 Å². The highest BCUT2D eigenvalue weighted by molar-refractivity contribution is 5.96. The van der Waals surface area contributed by atoms with E-state index in [0.29, 0.717) is 5.56 Å². The summed E-state index contributed by atoms with van der Waals surface area (Å²) in [5.74, 6) is -0.357. The standard InChI is InChI=1S/C16H20N4O2/c1-12(2)18-15(21)11-19(3)16(22)13-5-7-14(8-6-13)20-10-4-9-17-20/h4-10,12H,11H2,1-3H3,(H,18,21). The average molecular weight is 300 g/mol. The number of rotatable bonds is 5. The van der Waals surface area contributed by atoms with Crippen molar-refractivity contribution in [2.24, 2.45) is 0 Å². The van der Waals surface area contributed by atoms with Gasteiger partial charge in [0.25, 0.3) is 5.91 Å². The van der Waals surface area contributed by atoms with Crippen LogP contribution in [0.25, 0.3) is 5.69 Å². The lowest BCUT2D eigenvalue weighted by atomic mass is 10.2. The van der Waals surface area contributed by atoms with Crippen LogP contribution in [-0.4, -0.2) is 46.1 Å². The number of nitrogens with one attached hydrogen (secondary N) is 1. The van der Waals surface area contributed by atoms with Crippen LogP contribution < -0.4 is 5.32 Å². The van der Waals surface area contributed by atoms with Crippen molar-refractivity contribution in [3.63, 3.8) is 0 Å². The molecule has 0 fully saturated rings. The van der Waals surface area contributed by atoms with E-state index in [9.17, 15) is 9.59 Å². The first kappa shape index (κ1) is 15.8. The Bertz CT molecular complexity index is 633. The predicted molar refractivity (Wildman–Crippen MR) is 83.8 cm³/mol. The van der Waals surface area contributed by atoms with Crippen LogP contribution in [0.15, 0.2) is 42.7 Å². The SMILES string of the molecule is CC(C)NC(=O)CN(C)C(=O)c1ccc(-n2cccn2)cc1. The number of carbonyl (C=O) groups is 2. The van der Waals surface area contributed by atoms with Gasteiger partial charge in [0.05, 0.1) is 12.2 Å². The second kappa shape index (κ2) is 6.89. The zero-order chi connectivity index (χ0) is 16.1. The number of amides is 2. The molecular weight excluding hydrogens is 280 g/mol. The maximum absolute atomic E-state index is 12.3. The molecule has 0 unspecified atom stereocenters. The second-order valence-corrected chi connectivity index (χ2v) is 5.38. The molecule has 1 heterocycles. The van der Waals surface area contributed by atoms with Gasteiger partial charge >= 0.3 is 0 Å². The number of nitrogens with zero attached hydrogens (tertiary/aromatic N) is 3. The molecule has 1 N–H and O–H groups in total. The van der Waals surface area contributed by atoms with Crippen molar-refractivity contribution in [2.45, 2.75) is 19.9 Å². The van der Waals surface area contributed by atoms with Crippen LogP contribution in [0.1, 0.15) is 24.2 Å². The highest BCUT2D eigenvalue weighted by Crippen LogP contribution is 2.10. The summed E-state index contributed by atoms with van der Waals surface area (Å²) < 4.78 is 1.72. The van der Waals surface area contributed by atoms with E-state index in [0.717, 1.165) is 5.69 Å². The summed E-state index contributed by atoms with van der Waals surface area (Å²) in [4.78, 5) is 25.4. The lowest BCUT2D eigenvalue weighted by Crippen LogP contribution is -2.40. The number of hydrogen-bond acceptors (Lipinski definition) is 3. The molecule has 1 aromatic carbocycles. The van der Waals surface area contributed by atoms with Crippen molar-refractivity contribution in [1.29, 1.82) is 0 Å². The molecule has 6 nitrogen and oxygen atoms in total. The first-order chi connectivity index (χ1) is 10.5. The minimum absolute atomic E-state index is 0.0396. The summed E-state index contributed by atoms with van der Waals surface area (Å²) in [6.07, 6.45) is 3.53. The molecule has 22 heavy (non-hydrogen) atoms. The molecule has 0 atom stereocenters. The summed E-state index contributed by atoms with van der Waals surface area (Å²) in [5, 5.41) is 6.89. The molecule has 2 aromatic rings. The van der Waals surface area contributed by atoms with E-state index < -0.39 is 0 Å². The highest BCUT2D eigenvalue weighted by Gasteiger charge is 2.15. The highest BCUT2D eigenvalue weighted by atomic mass is 16.2. The Morgan fingerprint density at radius 2 is 1.95 bits per heavy atom. The normalized spacial score (nSPS) is 10.5. The Hall–Kier alpha value is -2.63. The summed E-state index contributed by atoms with van der Waals surface area (Å²) in [7, 11) is 1.61. The molecule has 0 saturated carbocycles. The lowest BCUT2D eigenvalue weighted by Gasteiger charge is -2.18. The van der Waals surface area contributed by atoms with Crippen molar-refractivity contribution in [3.8, 4) is 5.69 Å². The van der Waals surface area contributed by atoms with Gasteiger partial charge in [0.2, 0.25) is 5.91 Å². The summed E-state index contributed by atoms with van der Waals surface area (Å²) in [6.45, 7) is 3.80. The van der Waals surface area contributed by atoms with Crippen LogP contribution in [0.2, 0.25) is 0 Å². The zero-order valence-corrected chi connectivity index (χ0v) is 13.0. The third-order valence-electron chi connectivity index (χ3n) is 3.06. The largest absolute Gasteiger partial charge is 0.352 e. The van der Waals surface area contributed by atoms with E-state index in [1.807, 2.05) is 38.2 Å². The first-order valence-electron chi connectivity index (χ1n) is 7.12. The van der Waals surface area contributed by atoms with E-state index in [1.54, 1.807) is 30.1 Å². The molecule has 1 aromatic heterocycles. The van der Waals surface area contributed by atoms with Crippen LogP contribution in [0, 0.1) is 0 Å². The van der Waals surface area contributed by atoms with Crippen LogP contribution in [0.4, 0.5) is 0 Å². The monoisotopic (exact) mass is 300 g/mol. The Labute approximate surface area is 129 Å². The summed E-state index contributed by atoms with van der Waals surface area (Å²) >= 11 is 0. The van der Waals surface area contributed by atoms with Gasteiger partial charge in [-0.25, -0.2) is 4.68 Å². The van der Waals surface area contributed by atoms with Gasteiger partial charge in [0.15, 0.2) is 0 Å². The van der Waals surface area contributed by atoms with Gasteiger partial charge in [-0.2, -0.15) is 5.10 Å². The van der Waals surface area contributed by atoms with Gasteiger partial charge in [0.1, 0.15) is 0 Å². The number of carbonyl (C=O) groups excluding carboxylic acids is 2. The van der Waals surface area contributed by atoms with Gasteiger partial charge < -0.3 is 10.2 Å². The Morgan fingerprint density at radius 1 is 1.27 bits per heavy atom. The Balaban J connectivity index is 2.01. The topological polar surface area (TPSA) is 67.2 Å². The van der Waals surface area contributed by atoms with Crippen molar-refractivity contribution in [2.75, 3.05) is 13.6 Å². The molecule has 2 rings (SSSR count). The van der Waals surface area contributed by atoms with E-state index in [-0.39, 0.29) is 24.4 Å². The van der Waals surface area contributed by atoms with Crippen molar-refractivity contribution >= 4 is 11.8 Å². The molecule has 6 heteroatoms. The van der Waals surface area contributed by atoms with Gasteiger partial charge in [0, 0.05) is 31.0 Å². The van der Waals surface area contributed by atoms with Crippen molar-refractivity contribution in [3.05, 3.63) is 48.3 Å². The minimum Gasteiger partial charge on any atom is -0.352 e.